The summed E-state index contributed by atoms with van der Waals surface area (Å²) in [6.45, 7) is -0.0329. The molecule has 2 aromatic carbocycles. The van der Waals surface area contributed by atoms with E-state index in [1.807, 2.05) is 0 Å². The molecule has 0 aliphatic carbocycles. The van der Waals surface area contributed by atoms with Gasteiger partial charge in [-0.3, -0.25) is 19.7 Å². The van der Waals surface area contributed by atoms with Crippen molar-refractivity contribution in [1.29, 1.82) is 0 Å². The molecular formula is C22H16N2O7. The molecule has 2 N–H and O–H groups in total. The molecular weight excluding hydrogens is 404 g/mol. The van der Waals surface area contributed by atoms with Gasteiger partial charge in [-0.1, -0.05) is 24.3 Å². The summed E-state index contributed by atoms with van der Waals surface area (Å²) in [5, 5.41) is 31.7. The number of aromatic hydroxyl groups is 1. The fraction of sp³-hybridized carbons (Fsp3) is 0.0909. The van der Waals surface area contributed by atoms with Crippen LogP contribution in [0.15, 0.2) is 76.9 Å². The van der Waals surface area contributed by atoms with Crippen LogP contribution in [0.4, 0.5) is 5.69 Å². The van der Waals surface area contributed by atoms with Crippen molar-refractivity contribution in [3.05, 3.63) is 99.5 Å². The molecule has 0 bridgehead atoms. The Morgan fingerprint density at radius 1 is 1.10 bits per heavy atom. The molecule has 1 unspecified atom stereocenters. The highest BCUT2D eigenvalue weighted by Crippen LogP contribution is 2.40. The summed E-state index contributed by atoms with van der Waals surface area (Å²) in [6, 6.07) is 13.3. The second-order valence-electron chi connectivity index (χ2n) is 6.91. The van der Waals surface area contributed by atoms with Gasteiger partial charge in [0.2, 0.25) is 0 Å². The molecule has 1 aromatic heterocycles. The molecule has 1 aliphatic heterocycles. The fourth-order valence-electron chi connectivity index (χ4n) is 3.54. The average Bonchev–Trinajstić information content (AvgIpc) is 3.36. The summed E-state index contributed by atoms with van der Waals surface area (Å²) in [5.41, 5.74) is 0.0299. The zero-order chi connectivity index (χ0) is 22.1. The standard InChI is InChI=1S/C22H16N2O7/c25-16-8-6-13(7-9-16)19-18(20(26)14-3-1-4-15(11-14)24(29)30)21(27)22(28)23(19)12-17-5-2-10-31-17/h1-11,19,25-26H,12H2/b20-18+. The molecule has 0 saturated carbocycles. The number of non-ortho nitro benzene ring substituents is 1. The number of nitro groups is 1. The Balaban J connectivity index is 1.87. The number of benzene rings is 2. The summed E-state index contributed by atoms with van der Waals surface area (Å²) in [6.07, 6.45) is 1.44. The Hall–Kier alpha value is -4.40. The first-order valence-corrected chi connectivity index (χ1v) is 9.21. The summed E-state index contributed by atoms with van der Waals surface area (Å²) in [5.74, 6) is -1.87. The molecule has 156 valence electrons. The quantitative estimate of drug-likeness (QED) is 0.212. The zero-order valence-electron chi connectivity index (χ0n) is 16.0. The smallest absolute Gasteiger partial charge is 0.296 e. The molecule has 1 atom stereocenters. The van der Waals surface area contributed by atoms with Crippen LogP contribution in [0.2, 0.25) is 0 Å². The van der Waals surface area contributed by atoms with Crippen LogP contribution in [0, 0.1) is 10.1 Å². The molecule has 31 heavy (non-hydrogen) atoms. The third kappa shape index (κ3) is 3.64. The number of ketones is 1. The Kier molecular flexibility index (Phi) is 5.00. The van der Waals surface area contributed by atoms with E-state index in [0.717, 1.165) is 6.07 Å². The number of aliphatic hydroxyl groups excluding tert-OH is 1. The molecule has 3 aromatic rings. The Bertz CT molecular complexity index is 1200. The number of phenolic OH excluding ortho intramolecular Hbond substituents is 1. The van der Waals surface area contributed by atoms with E-state index in [1.54, 1.807) is 12.1 Å². The number of nitro benzene ring substituents is 1. The maximum Gasteiger partial charge on any atom is 0.296 e. The van der Waals surface area contributed by atoms with E-state index in [1.165, 1.54) is 53.6 Å². The van der Waals surface area contributed by atoms with Crippen LogP contribution in [-0.2, 0) is 16.1 Å². The monoisotopic (exact) mass is 420 g/mol. The van der Waals surface area contributed by atoms with Gasteiger partial charge in [-0.25, -0.2) is 0 Å². The van der Waals surface area contributed by atoms with Crippen molar-refractivity contribution in [3.8, 4) is 5.75 Å². The topological polar surface area (TPSA) is 134 Å². The van der Waals surface area contributed by atoms with Crippen LogP contribution in [0.3, 0.4) is 0 Å². The average molecular weight is 420 g/mol. The predicted octanol–water partition coefficient (Wildman–Crippen LogP) is 3.52. The minimum absolute atomic E-state index is 0.00887. The molecule has 1 fully saturated rings. The van der Waals surface area contributed by atoms with E-state index in [0.29, 0.717) is 11.3 Å². The number of carbonyl (C=O) groups excluding carboxylic acids is 2. The van der Waals surface area contributed by atoms with Crippen LogP contribution < -0.4 is 0 Å². The lowest BCUT2D eigenvalue weighted by molar-refractivity contribution is -0.384. The molecule has 1 aliphatic rings. The first-order chi connectivity index (χ1) is 14.9. The number of phenols is 1. The molecule has 1 amide bonds. The number of rotatable bonds is 5. The lowest BCUT2D eigenvalue weighted by Gasteiger charge is -2.24. The minimum atomic E-state index is -0.982. The normalized spacial score (nSPS) is 17.8. The lowest BCUT2D eigenvalue weighted by Crippen LogP contribution is -2.29. The highest BCUT2D eigenvalue weighted by atomic mass is 16.6. The Morgan fingerprint density at radius 3 is 2.48 bits per heavy atom. The third-order valence-corrected chi connectivity index (χ3v) is 4.99. The van der Waals surface area contributed by atoms with Crippen molar-refractivity contribution < 1.29 is 29.1 Å². The zero-order valence-corrected chi connectivity index (χ0v) is 16.0. The number of nitrogens with zero attached hydrogens (tertiary/aromatic N) is 2. The van der Waals surface area contributed by atoms with Crippen LogP contribution in [0.1, 0.15) is 22.9 Å². The lowest BCUT2D eigenvalue weighted by atomic mass is 9.95. The van der Waals surface area contributed by atoms with Gasteiger partial charge in [0.05, 0.1) is 29.3 Å². The van der Waals surface area contributed by atoms with E-state index >= 15 is 0 Å². The first kappa shape index (κ1) is 19.9. The van der Waals surface area contributed by atoms with Gasteiger partial charge < -0.3 is 19.5 Å². The summed E-state index contributed by atoms with van der Waals surface area (Å²) >= 11 is 0. The van der Waals surface area contributed by atoms with Crippen molar-refractivity contribution in [2.75, 3.05) is 0 Å². The van der Waals surface area contributed by atoms with Gasteiger partial charge >= 0.3 is 0 Å². The fourth-order valence-corrected chi connectivity index (χ4v) is 3.54. The number of carbonyl (C=O) groups is 2. The van der Waals surface area contributed by atoms with Gasteiger partial charge in [-0.2, -0.15) is 0 Å². The maximum atomic E-state index is 12.9. The minimum Gasteiger partial charge on any atom is -0.508 e. The molecule has 0 spiro atoms. The van der Waals surface area contributed by atoms with E-state index in [9.17, 15) is 29.9 Å². The third-order valence-electron chi connectivity index (χ3n) is 4.99. The van der Waals surface area contributed by atoms with E-state index in [-0.39, 0.29) is 29.1 Å². The van der Waals surface area contributed by atoms with E-state index in [4.69, 9.17) is 4.42 Å². The van der Waals surface area contributed by atoms with Crippen molar-refractivity contribution in [3.63, 3.8) is 0 Å². The van der Waals surface area contributed by atoms with Gasteiger partial charge in [0.15, 0.2) is 0 Å². The summed E-state index contributed by atoms with van der Waals surface area (Å²) < 4.78 is 5.31. The molecule has 0 radical (unpaired) electrons. The molecule has 9 nitrogen and oxygen atoms in total. The van der Waals surface area contributed by atoms with Crippen LogP contribution >= 0.6 is 0 Å². The molecule has 2 heterocycles. The van der Waals surface area contributed by atoms with Gasteiger partial charge in [0.1, 0.15) is 17.3 Å². The van der Waals surface area contributed by atoms with Crippen molar-refractivity contribution in [1.82, 2.24) is 4.90 Å². The van der Waals surface area contributed by atoms with Gasteiger partial charge in [-0.05, 0) is 29.8 Å². The van der Waals surface area contributed by atoms with E-state index < -0.39 is 28.4 Å². The summed E-state index contributed by atoms with van der Waals surface area (Å²) in [7, 11) is 0. The Labute approximate surface area is 175 Å². The van der Waals surface area contributed by atoms with Gasteiger partial charge in [-0.15, -0.1) is 0 Å². The molecule has 9 heteroatoms. The van der Waals surface area contributed by atoms with Crippen LogP contribution in [-0.4, -0.2) is 31.7 Å². The van der Waals surface area contributed by atoms with Gasteiger partial charge in [0.25, 0.3) is 17.4 Å². The van der Waals surface area contributed by atoms with Crippen molar-refractivity contribution in [2.45, 2.75) is 12.6 Å². The number of aliphatic hydroxyl groups is 1. The second kappa shape index (κ2) is 7.79. The van der Waals surface area contributed by atoms with E-state index in [2.05, 4.69) is 0 Å². The number of furan rings is 1. The predicted molar refractivity (Wildman–Crippen MR) is 108 cm³/mol. The number of Topliss-reactive ketones (excluding diaryl/α,β-unsaturated/α-hetero) is 1. The van der Waals surface area contributed by atoms with Crippen molar-refractivity contribution in [2.24, 2.45) is 0 Å². The summed E-state index contributed by atoms with van der Waals surface area (Å²) in [4.78, 5) is 37.5. The highest BCUT2D eigenvalue weighted by Gasteiger charge is 2.46. The molecule has 4 rings (SSSR count). The number of likely N-dealkylation sites (tertiary alicyclic amines) is 1. The largest absolute Gasteiger partial charge is 0.508 e. The first-order valence-electron chi connectivity index (χ1n) is 9.21. The Morgan fingerprint density at radius 2 is 1.84 bits per heavy atom. The highest BCUT2D eigenvalue weighted by molar-refractivity contribution is 6.46. The van der Waals surface area contributed by atoms with Crippen molar-refractivity contribution >= 4 is 23.1 Å². The van der Waals surface area contributed by atoms with Gasteiger partial charge in [0, 0.05) is 17.7 Å². The molecule has 1 saturated heterocycles. The SMILES string of the molecule is O=C1C(=O)N(Cc2ccco2)C(c2ccc(O)cc2)/C1=C(\O)c1cccc([N+](=O)[O-])c1. The second-order valence-corrected chi connectivity index (χ2v) is 6.91. The number of hydrogen-bond donors (Lipinski definition) is 2. The maximum absolute atomic E-state index is 12.9. The number of amides is 1. The number of hydrogen-bond acceptors (Lipinski definition) is 7. The van der Waals surface area contributed by atoms with Crippen LogP contribution in [0.5, 0.6) is 5.75 Å². The van der Waals surface area contributed by atoms with Crippen LogP contribution in [0.25, 0.3) is 5.76 Å².